The molecular weight excluding hydrogens is 282 g/mol. The highest BCUT2D eigenvalue weighted by molar-refractivity contribution is 7.09. The summed E-state index contributed by atoms with van der Waals surface area (Å²) in [4.78, 5) is 9.78. The number of likely N-dealkylation sites (tertiary alicyclic amines) is 2. The van der Waals surface area contributed by atoms with Crippen LogP contribution in [-0.2, 0) is 11.3 Å². The monoisotopic (exact) mass is 309 g/mol. The summed E-state index contributed by atoms with van der Waals surface area (Å²) in [7, 11) is 4.12. The molecule has 2 aliphatic heterocycles. The van der Waals surface area contributed by atoms with Gasteiger partial charge in [0.05, 0.1) is 13.2 Å². The van der Waals surface area contributed by atoms with Crippen LogP contribution in [0.1, 0.15) is 36.4 Å². The van der Waals surface area contributed by atoms with E-state index in [0.717, 1.165) is 18.8 Å². The lowest BCUT2D eigenvalue weighted by Crippen LogP contribution is -2.52. The number of thiazole rings is 1. The van der Waals surface area contributed by atoms with E-state index >= 15 is 0 Å². The molecule has 1 unspecified atom stereocenters. The minimum absolute atomic E-state index is 0.429. The first kappa shape index (κ1) is 15.4. The van der Waals surface area contributed by atoms with Crippen molar-refractivity contribution in [2.75, 3.05) is 33.9 Å². The number of nitrogens with zero attached hydrogens (tertiary/aromatic N) is 3. The molecule has 2 saturated heterocycles. The zero-order chi connectivity index (χ0) is 14.9. The maximum Gasteiger partial charge on any atom is 0.107 e. The van der Waals surface area contributed by atoms with Crippen molar-refractivity contribution < 1.29 is 4.74 Å². The molecule has 2 fully saturated rings. The average Bonchev–Trinajstić information content (AvgIpc) is 3.01. The van der Waals surface area contributed by atoms with Gasteiger partial charge < -0.3 is 4.74 Å². The fraction of sp³-hybridized carbons (Fsp3) is 0.812. The predicted molar refractivity (Wildman–Crippen MR) is 86.8 cm³/mol. The maximum atomic E-state index is 5.37. The lowest BCUT2D eigenvalue weighted by atomic mass is 9.85. The molecule has 0 radical (unpaired) electrons. The molecule has 3 rings (SSSR count). The summed E-state index contributed by atoms with van der Waals surface area (Å²) in [5, 5.41) is 3.42. The number of hydrogen-bond donors (Lipinski definition) is 0. The lowest BCUT2D eigenvalue weighted by Gasteiger charge is -2.44. The van der Waals surface area contributed by atoms with E-state index in [0.29, 0.717) is 11.6 Å². The van der Waals surface area contributed by atoms with Crippen LogP contribution in [0.3, 0.4) is 0 Å². The van der Waals surface area contributed by atoms with Crippen LogP contribution in [0.25, 0.3) is 0 Å². The van der Waals surface area contributed by atoms with E-state index in [2.05, 4.69) is 34.1 Å². The molecule has 3 heterocycles. The molecule has 0 aliphatic carbocycles. The molecule has 1 atom stereocenters. The van der Waals surface area contributed by atoms with Crippen LogP contribution in [0.2, 0.25) is 0 Å². The molecule has 118 valence electrons. The summed E-state index contributed by atoms with van der Waals surface area (Å²) in [6.07, 6.45) is 5.19. The van der Waals surface area contributed by atoms with E-state index in [1.165, 1.54) is 43.8 Å². The topological polar surface area (TPSA) is 28.6 Å². The standard InChI is InChI=1S/C16H27N3OS/c1-13-12-21-15(17-13)10-19-8-6-16(7-9-19)5-4-14(11-20-3)18(16)2/h12,14H,4-11H2,1-3H3. The zero-order valence-electron chi connectivity index (χ0n) is 13.5. The molecule has 0 bridgehead atoms. The van der Waals surface area contributed by atoms with E-state index < -0.39 is 0 Å². The molecular formula is C16H27N3OS. The van der Waals surface area contributed by atoms with Gasteiger partial charge in [-0.15, -0.1) is 11.3 Å². The Labute approximate surface area is 132 Å². The normalized spacial score (nSPS) is 26.7. The zero-order valence-corrected chi connectivity index (χ0v) is 14.3. The van der Waals surface area contributed by atoms with Gasteiger partial charge in [-0.05, 0) is 39.7 Å². The predicted octanol–water partition coefficient (Wildman–Crippen LogP) is 2.53. The van der Waals surface area contributed by atoms with Gasteiger partial charge in [-0.1, -0.05) is 0 Å². The summed E-state index contributed by atoms with van der Waals surface area (Å²) >= 11 is 1.79. The molecule has 5 heteroatoms. The van der Waals surface area contributed by atoms with Crippen molar-refractivity contribution in [1.29, 1.82) is 0 Å². The lowest BCUT2D eigenvalue weighted by molar-refractivity contribution is 0.0282. The van der Waals surface area contributed by atoms with Crippen LogP contribution in [0.5, 0.6) is 0 Å². The molecule has 0 N–H and O–H groups in total. The second kappa shape index (κ2) is 6.32. The van der Waals surface area contributed by atoms with Crippen molar-refractivity contribution in [2.45, 2.75) is 50.7 Å². The molecule has 21 heavy (non-hydrogen) atoms. The Morgan fingerprint density at radius 3 is 2.76 bits per heavy atom. The van der Waals surface area contributed by atoms with Crippen LogP contribution < -0.4 is 0 Å². The average molecular weight is 309 g/mol. The third-order valence-electron chi connectivity index (χ3n) is 5.41. The number of piperidine rings is 1. The van der Waals surface area contributed by atoms with E-state index in [1.54, 1.807) is 11.3 Å². The fourth-order valence-electron chi connectivity index (χ4n) is 3.98. The van der Waals surface area contributed by atoms with Gasteiger partial charge in [0.2, 0.25) is 0 Å². The van der Waals surface area contributed by atoms with E-state index in [-0.39, 0.29) is 0 Å². The highest BCUT2D eigenvalue weighted by atomic mass is 32.1. The van der Waals surface area contributed by atoms with Gasteiger partial charge in [0.15, 0.2) is 0 Å². The Bertz CT molecular complexity index is 468. The fourth-order valence-corrected chi connectivity index (χ4v) is 4.79. The number of ether oxygens (including phenoxy) is 1. The van der Waals surface area contributed by atoms with Crippen molar-refractivity contribution in [2.24, 2.45) is 0 Å². The smallest absolute Gasteiger partial charge is 0.107 e. The molecule has 1 aromatic rings. The number of aromatic nitrogens is 1. The molecule has 1 spiro atoms. The molecule has 0 amide bonds. The molecule has 1 aromatic heterocycles. The number of methoxy groups -OCH3 is 1. The van der Waals surface area contributed by atoms with Gasteiger partial charge in [-0.25, -0.2) is 4.98 Å². The number of aryl methyl sites for hydroxylation is 1. The molecule has 0 saturated carbocycles. The molecule has 4 nitrogen and oxygen atoms in total. The summed E-state index contributed by atoms with van der Waals surface area (Å²) in [5.41, 5.74) is 1.58. The summed E-state index contributed by atoms with van der Waals surface area (Å²) in [5.74, 6) is 0. The SMILES string of the molecule is COCC1CCC2(CCN(Cc3nc(C)cs3)CC2)N1C. The maximum absolute atomic E-state index is 5.37. The van der Waals surface area contributed by atoms with Crippen molar-refractivity contribution in [3.05, 3.63) is 16.1 Å². The van der Waals surface area contributed by atoms with Crippen LogP contribution in [0.15, 0.2) is 5.38 Å². The first-order chi connectivity index (χ1) is 10.1. The minimum atomic E-state index is 0.429. The van der Waals surface area contributed by atoms with Gasteiger partial charge in [-0.3, -0.25) is 9.80 Å². The first-order valence-electron chi connectivity index (χ1n) is 7.98. The third-order valence-corrected chi connectivity index (χ3v) is 6.36. The van der Waals surface area contributed by atoms with Gasteiger partial charge in [0.25, 0.3) is 0 Å². The summed E-state index contributed by atoms with van der Waals surface area (Å²) in [6, 6.07) is 0.614. The Hall–Kier alpha value is -0.490. The number of hydrogen-bond acceptors (Lipinski definition) is 5. The highest BCUT2D eigenvalue weighted by Gasteiger charge is 2.45. The van der Waals surface area contributed by atoms with Crippen LogP contribution in [-0.4, -0.2) is 60.2 Å². The minimum Gasteiger partial charge on any atom is -0.383 e. The van der Waals surface area contributed by atoms with E-state index in [1.807, 2.05) is 7.11 Å². The van der Waals surface area contributed by atoms with Gasteiger partial charge in [0, 0.05) is 42.9 Å². The first-order valence-corrected chi connectivity index (χ1v) is 8.86. The Balaban J connectivity index is 1.55. The molecule has 2 aliphatic rings. The van der Waals surface area contributed by atoms with Gasteiger partial charge in [-0.2, -0.15) is 0 Å². The second-order valence-electron chi connectivity index (χ2n) is 6.64. The van der Waals surface area contributed by atoms with Gasteiger partial charge >= 0.3 is 0 Å². The summed E-state index contributed by atoms with van der Waals surface area (Å²) < 4.78 is 5.37. The van der Waals surface area contributed by atoms with Crippen molar-refractivity contribution in [3.8, 4) is 0 Å². The van der Waals surface area contributed by atoms with E-state index in [4.69, 9.17) is 4.74 Å². The van der Waals surface area contributed by atoms with Crippen LogP contribution in [0, 0.1) is 6.92 Å². The van der Waals surface area contributed by atoms with Crippen molar-refractivity contribution in [1.82, 2.24) is 14.8 Å². The Morgan fingerprint density at radius 2 is 2.14 bits per heavy atom. The van der Waals surface area contributed by atoms with Crippen molar-refractivity contribution >= 4 is 11.3 Å². The highest BCUT2D eigenvalue weighted by Crippen LogP contribution is 2.40. The Morgan fingerprint density at radius 1 is 1.38 bits per heavy atom. The van der Waals surface area contributed by atoms with Crippen molar-refractivity contribution in [3.63, 3.8) is 0 Å². The number of rotatable bonds is 4. The van der Waals surface area contributed by atoms with Gasteiger partial charge in [0.1, 0.15) is 5.01 Å². The second-order valence-corrected chi connectivity index (χ2v) is 7.58. The largest absolute Gasteiger partial charge is 0.383 e. The van der Waals surface area contributed by atoms with E-state index in [9.17, 15) is 0 Å². The number of likely N-dealkylation sites (N-methyl/N-ethyl adjacent to an activating group) is 1. The Kier molecular flexibility index (Phi) is 4.64. The third kappa shape index (κ3) is 3.16. The van der Waals surface area contributed by atoms with Crippen LogP contribution >= 0.6 is 11.3 Å². The molecule has 0 aromatic carbocycles. The summed E-state index contributed by atoms with van der Waals surface area (Å²) in [6.45, 7) is 6.38. The quantitative estimate of drug-likeness (QED) is 0.854. The van der Waals surface area contributed by atoms with Crippen LogP contribution in [0.4, 0.5) is 0 Å².